The van der Waals surface area contributed by atoms with Crippen LogP contribution in [0.25, 0.3) is 11.5 Å². The van der Waals surface area contributed by atoms with Crippen molar-refractivity contribution in [2.75, 3.05) is 6.54 Å². The number of rotatable bonds is 5. The van der Waals surface area contributed by atoms with Crippen LogP contribution < -0.4 is 5.32 Å². The van der Waals surface area contributed by atoms with Gasteiger partial charge in [-0.25, -0.2) is 9.37 Å². The molecule has 0 atom stereocenters. The van der Waals surface area contributed by atoms with Gasteiger partial charge in [-0.05, 0) is 31.2 Å². The summed E-state index contributed by atoms with van der Waals surface area (Å²) in [5.41, 5.74) is 1.73. The summed E-state index contributed by atoms with van der Waals surface area (Å²) >= 11 is 0. The van der Waals surface area contributed by atoms with Crippen LogP contribution in [0.5, 0.6) is 0 Å². The molecule has 0 aliphatic carbocycles. The standard InChI is InChI=1S/C19H17FN2O2/c1-13-17(22-19(24-13)14-7-3-2-4-8-14)11-12-21-18(23)15-9-5-6-10-16(15)20/h2-10H,11-12H2,1H3,(H,21,23). The summed E-state index contributed by atoms with van der Waals surface area (Å²) in [5.74, 6) is 0.314. The fraction of sp³-hybridized carbons (Fsp3) is 0.158. The fourth-order valence-corrected chi connectivity index (χ4v) is 2.40. The van der Waals surface area contributed by atoms with Gasteiger partial charge < -0.3 is 9.73 Å². The van der Waals surface area contributed by atoms with Crippen LogP contribution in [0.1, 0.15) is 21.8 Å². The SMILES string of the molecule is Cc1oc(-c2ccccc2)nc1CCNC(=O)c1ccccc1F. The quantitative estimate of drug-likeness (QED) is 0.777. The molecule has 0 fully saturated rings. The number of oxazole rings is 1. The van der Waals surface area contributed by atoms with Gasteiger partial charge in [0.05, 0.1) is 11.3 Å². The number of hydrogen-bond donors (Lipinski definition) is 1. The minimum absolute atomic E-state index is 0.0411. The van der Waals surface area contributed by atoms with E-state index in [0.717, 1.165) is 11.3 Å². The first kappa shape index (κ1) is 15.9. The van der Waals surface area contributed by atoms with Crippen LogP contribution >= 0.6 is 0 Å². The van der Waals surface area contributed by atoms with Crippen molar-refractivity contribution in [3.8, 4) is 11.5 Å². The Morgan fingerprint density at radius 1 is 1.12 bits per heavy atom. The summed E-state index contributed by atoms with van der Waals surface area (Å²) in [5, 5.41) is 2.70. The first-order valence-corrected chi connectivity index (χ1v) is 7.69. The van der Waals surface area contributed by atoms with Gasteiger partial charge in [-0.2, -0.15) is 0 Å². The maximum atomic E-state index is 13.6. The fourth-order valence-electron chi connectivity index (χ4n) is 2.40. The second kappa shape index (κ2) is 7.08. The molecule has 0 radical (unpaired) electrons. The van der Waals surface area contributed by atoms with Gasteiger partial charge in [-0.3, -0.25) is 4.79 Å². The average Bonchev–Trinajstić information content (AvgIpc) is 2.97. The van der Waals surface area contributed by atoms with Crippen molar-refractivity contribution in [1.82, 2.24) is 10.3 Å². The van der Waals surface area contributed by atoms with E-state index in [1.807, 2.05) is 37.3 Å². The van der Waals surface area contributed by atoms with Crippen LogP contribution in [0.4, 0.5) is 4.39 Å². The third-order valence-electron chi connectivity index (χ3n) is 3.68. The number of nitrogens with zero attached hydrogens (tertiary/aromatic N) is 1. The highest BCUT2D eigenvalue weighted by Crippen LogP contribution is 2.21. The lowest BCUT2D eigenvalue weighted by molar-refractivity contribution is 0.0950. The number of nitrogens with one attached hydrogen (secondary N) is 1. The van der Waals surface area contributed by atoms with Crippen molar-refractivity contribution in [2.24, 2.45) is 0 Å². The zero-order valence-electron chi connectivity index (χ0n) is 13.3. The smallest absolute Gasteiger partial charge is 0.254 e. The van der Waals surface area contributed by atoms with Gasteiger partial charge in [-0.1, -0.05) is 30.3 Å². The number of aryl methyl sites for hydroxylation is 1. The number of halogens is 1. The first-order chi connectivity index (χ1) is 11.6. The second-order valence-corrected chi connectivity index (χ2v) is 5.37. The van der Waals surface area contributed by atoms with Gasteiger partial charge in [0.2, 0.25) is 5.89 Å². The predicted molar refractivity (Wildman–Crippen MR) is 89.1 cm³/mol. The molecule has 1 N–H and O–H groups in total. The van der Waals surface area contributed by atoms with Crippen LogP contribution in [0.2, 0.25) is 0 Å². The van der Waals surface area contributed by atoms with Crippen LogP contribution in [-0.2, 0) is 6.42 Å². The Morgan fingerprint density at radius 2 is 1.83 bits per heavy atom. The number of carbonyl (C=O) groups is 1. The van der Waals surface area contributed by atoms with Gasteiger partial charge in [0.1, 0.15) is 11.6 Å². The molecule has 4 nitrogen and oxygen atoms in total. The zero-order chi connectivity index (χ0) is 16.9. The predicted octanol–water partition coefficient (Wildman–Crippen LogP) is 3.76. The molecular formula is C19H17FN2O2. The molecule has 0 aliphatic rings. The Bertz CT molecular complexity index is 844. The Hall–Kier alpha value is -2.95. The van der Waals surface area contributed by atoms with E-state index in [-0.39, 0.29) is 5.56 Å². The highest BCUT2D eigenvalue weighted by Gasteiger charge is 2.13. The van der Waals surface area contributed by atoms with E-state index in [4.69, 9.17) is 4.42 Å². The summed E-state index contributed by atoms with van der Waals surface area (Å²) < 4.78 is 19.2. The van der Waals surface area contributed by atoms with Crippen LogP contribution in [0.15, 0.2) is 59.0 Å². The number of aromatic nitrogens is 1. The first-order valence-electron chi connectivity index (χ1n) is 7.69. The van der Waals surface area contributed by atoms with Gasteiger partial charge in [0, 0.05) is 18.5 Å². The van der Waals surface area contributed by atoms with Crippen molar-refractivity contribution >= 4 is 5.91 Å². The van der Waals surface area contributed by atoms with E-state index in [0.29, 0.717) is 24.6 Å². The Kier molecular flexibility index (Phi) is 4.70. The van der Waals surface area contributed by atoms with Gasteiger partial charge in [0.15, 0.2) is 0 Å². The molecular weight excluding hydrogens is 307 g/mol. The maximum Gasteiger partial charge on any atom is 0.254 e. The normalized spacial score (nSPS) is 10.6. The maximum absolute atomic E-state index is 13.6. The monoisotopic (exact) mass is 324 g/mol. The third kappa shape index (κ3) is 3.51. The van der Waals surface area contributed by atoms with E-state index in [1.54, 1.807) is 12.1 Å². The minimum atomic E-state index is -0.529. The molecule has 0 spiro atoms. The number of hydrogen-bond acceptors (Lipinski definition) is 3. The Labute approximate surface area is 139 Å². The van der Waals surface area contributed by atoms with Crippen molar-refractivity contribution in [1.29, 1.82) is 0 Å². The topological polar surface area (TPSA) is 55.1 Å². The molecule has 0 aliphatic heterocycles. The zero-order valence-corrected chi connectivity index (χ0v) is 13.3. The molecule has 0 unspecified atom stereocenters. The molecule has 122 valence electrons. The summed E-state index contributed by atoms with van der Waals surface area (Å²) in [6.45, 7) is 2.20. The van der Waals surface area contributed by atoms with Crippen LogP contribution in [-0.4, -0.2) is 17.4 Å². The molecule has 0 saturated carbocycles. The van der Waals surface area contributed by atoms with Crippen molar-refractivity contribution in [2.45, 2.75) is 13.3 Å². The highest BCUT2D eigenvalue weighted by molar-refractivity contribution is 5.94. The molecule has 1 heterocycles. The molecule has 3 aromatic rings. The number of amides is 1. The van der Waals surface area contributed by atoms with Crippen molar-refractivity contribution < 1.29 is 13.6 Å². The second-order valence-electron chi connectivity index (χ2n) is 5.37. The summed E-state index contributed by atoms with van der Waals surface area (Å²) in [6, 6.07) is 15.5. The molecule has 0 saturated heterocycles. The summed E-state index contributed by atoms with van der Waals surface area (Å²) in [4.78, 5) is 16.4. The molecule has 1 aromatic heterocycles. The summed E-state index contributed by atoms with van der Waals surface area (Å²) in [6.07, 6.45) is 0.516. The Morgan fingerprint density at radius 3 is 2.58 bits per heavy atom. The van der Waals surface area contributed by atoms with Gasteiger partial charge in [0.25, 0.3) is 5.91 Å². The molecule has 0 bridgehead atoms. The van der Waals surface area contributed by atoms with Crippen molar-refractivity contribution in [3.63, 3.8) is 0 Å². The van der Waals surface area contributed by atoms with Gasteiger partial charge in [-0.15, -0.1) is 0 Å². The highest BCUT2D eigenvalue weighted by atomic mass is 19.1. The van der Waals surface area contributed by atoms with Gasteiger partial charge >= 0.3 is 0 Å². The Balaban J connectivity index is 1.62. The lowest BCUT2D eigenvalue weighted by Gasteiger charge is -2.05. The van der Waals surface area contributed by atoms with E-state index in [9.17, 15) is 9.18 Å². The number of benzene rings is 2. The molecule has 2 aromatic carbocycles. The third-order valence-corrected chi connectivity index (χ3v) is 3.68. The van der Waals surface area contributed by atoms with Crippen LogP contribution in [0, 0.1) is 12.7 Å². The van der Waals surface area contributed by atoms with E-state index in [2.05, 4.69) is 10.3 Å². The van der Waals surface area contributed by atoms with E-state index in [1.165, 1.54) is 12.1 Å². The molecule has 1 amide bonds. The van der Waals surface area contributed by atoms with E-state index >= 15 is 0 Å². The summed E-state index contributed by atoms with van der Waals surface area (Å²) in [7, 11) is 0. The lowest BCUT2D eigenvalue weighted by Crippen LogP contribution is -2.26. The van der Waals surface area contributed by atoms with E-state index < -0.39 is 11.7 Å². The molecule has 5 heteroatoms. The molecule has 24 heavy (non-hydrogen) atoms. The average molecular weight is 324 g/mol. The largest absolute Gasteiger partial charge is 0.441 e. The lowest BCUT2D eigenvalue weighted by atomic mass is 10.2. The van der Waals surface area contributed by atoms with Crippen LogP contribution in [0.3, 0.4) is 0 Å². The number of carbonyl (C=O) groups excluding carboxylic acids is 1. The minimum Gasteiger partial charge on any atom is -0.441 e. The van der Waals surface area contributed by atoms with Crippen molar-refractivity contribution in [3.05, 3.63) is 77.4 Å². The molecule has 3 rings (SSSR count).